The molecule has 82 valence electrons. The molecule has 0 aromatic heterocycles. The van der Waals surface area contributed by atoms with E-state index in [1.807, 2.05) is 6.92 Å². The van der Waals surface area contributed by atoms with Gasteiger partial charge in [-0.3, -0.25) is 19.3 Å². The number of hydrogen-bond donors (Lipinski definition) is 0. The Bertz CT molecular complexity index is 305. The van der Waals surface area contributed by atoms with E-state index < -0.39 is 0 Å². The third kappa shape index (κ3) is 2.65. The van der Waals surface area contributed by atoms with Gasteiger partial charge in [0, 0.05) is 38.7 Å². The molecule has 1 aliphatic heterocycles. The van der Waals surface area contributed by atoms with E-state index in [1.165, 1.54) is 12.2 Å². The topological polar surface area (TPSA) is 57.7 Å². The van der Waals surface area contributed by atoms with Crippen LogP contribution in [-0.4, -0.2) is 47.7 Å². The smallest absolute Gasteiger partial charge is 0.253 e. The van der Waals surface area contributed by atoms with Crippen LogP contribution in [-0.2, 0) is 14.4 Å². The molecule has 0 fully saturated rings. The summed E-state index contributed by atoms with van der Waals surface area (Å²) in [5, 5.41) is 0. The standard InChI is InChI=1S/C10H14N2O3/c1-3-11(2)8(13)6-7-12-9(14)4-5-10(12)15/h4-5H,3,6-7H2,1-2H3. The first-order valence-electron chi connectivity index (χ1n) is 4.83. The average molecular weight is 210 g/mol. The number of carbonyl (C=O) groups excluding carboxylic acids is 3. The zero-order valence-corrected chi connectivity index (χ0v) is 8.90. The van der Waals surface area contributed by atoms with Crippen molar-refractivity contribution in [2.75, 3.05) is 20.1 Å². The number of nitrogens with zero attached hydrogens (tertiary/aromatic N) is 2. The van der Waals surface area contributed by atoms with Crippen LogP contribution in [0.4, 0.5) is 0 Å². The maximum Gasteiger partial charge on any atom is 0.253 e. The maximum absolute atomic E-state index is 11.4. The Morgan fingerprint density at radius 3 is 2.33 bits per heavy atom. The number of rotatable bonds is 4. The first-order chi connectivity index (χ1) is 7.06. The van der Waals surface area contributed by atoms with Crippen LogP contribution in [0.15, 0.2) is 12.2 Å². The molecule has 5 heteroatoms. The molecule has 0 spiro atoms. The molecule has 0 saturated heterocycles. The Hall–Kier alpha value is -1.65. The highest BCUT2D eigenvalue weighted by atomic mass is 16.2. The number of imide groups is 1. The summed E-state index contributed by atoms with van der Waals surface area (Å²) in [5.74, 6) is -0.746. The lowest BCUT2D eigenvalue weighted by Crippen LogP contribution is -2.35. The zero-order valence-electron chi connectivity index (χ0n) is 8.90. The van der Waals surface area contributed by atoms with E-state index in [9.17, 15) is 14.4 Å². The lowest BCUT2D eigenvalue weighted by Gasteiger charge is -2.17. The fourth-order valence-electron chi connectivity index (χ4n) is 1.23. The Labute approximate surface area is 88.3 Å². The number of hydrogen-bond acceptors (Lipinski definition) is 3. The highest BCUT2D eigenvalue weighted by Gasteiger charge is 2.23. The second-order valence-corrected chi connectivity index (χ2v) is 3.32. The van der Waals surface area contributed by atoms with Crippen molar-refractivity contribution in [3.05, 3.63) is 12.2 Å². The molecule has 0 bridgehead atoms. The van der Waals surface area contributed by atoms with Crippen LogP contribution < -0.4 is 0 Å². The summed E-state index contributed by atoms with van der Waals surface area (Å²) >= 11 is 0. The fourth-order valence-corrected chi connectivity index (χ4v) is 1.23. The van der Waals surface area contributed by atoms with E-state index in [1.54, 1.807) is 11.9 Å². The van der Waals surface area contributed by atoms with Crippen LogP contribution in [0.25, 0.3) is 0 Å². The molecule has 0 N–H and O–H groups in total. The fraction of sp³-hybridized carbons (Fsp3) is 0.500. The van der Waals surface area contributed by atoms with Gasteiger partial charge in [0.2, 0.25) is 5.91 Å². The molecule has 0 atom stereocenters. The van der Waals surface area contributed by atoms with E-state index in [0.29, 0.717) is 6.54 Å². The van der Waals surface area contributed by atoms with Gasteiger partial charge in [-0.2, -0.15) is 0 Å². The molecule has 0 saturated carbocycles. The highest BCUT2D eigenvalue weighted by molar-refractivity contribution is 6.13. The van der Waals surface area contributed by atoms with Crippen molar-refractivity contribution in [1.29, 1.82) is 0 Å². The average Bonchev–Trinajstić information content (AvgIpc) is 2.54. The van der Waals surface area contributed by atoms with Gasteiger partial charge in [-0.25, -0.2) is 0 Å². The van der Waals surface area contributed by atoms with Gasteiger partial charge in [0.05, 0.1) is 0 Å². The third-order valence-corrected chi connectivity index (χ3v) is 2.35. The van der Waals surface area contributed by atoms with Crippen molar-refractivity contribution in [3.8, 4) is 0 Å². The molecule has 1 heterocycles. The van der Waals surface area contributed by atoms with E-state index in [0.717, 1.165) is 4.90 Å². The van der Waals surface area contributed by atoms with E-state index in [-0.39, 0.29) is 30.7 Å². The van der Waals surface area contributed by atoms with Gasteiger partial charge in [0.15, 0.2) is 0 Å². The molecule has 3 amide bonds. The predicted molar refractivity (Wildman–Crippen MR) is 53.8 cm³/mol. The Morgan fingerprint density at radius 2 is 1.87 bits per heavy atom. The summed E-state index contributed by atoms with van der Waals surface area (Å²) in [6.45, 7) is 2.65. The Morgan fingerprint density at radius 1 is 1.33 bits per heavy atom. The van der Waals surface area contributed by atoms with Gasteiger partial charge in [-0.15, -0.1) is 0 Å². The van der Waals surface area contributed by atoms with Crippen LogP contribution in [0.1, 0.15) is 13.3 Å². The first-order valence-corrected chi connectivity index (χ1v) is 4.83. The van der Waals surface area contributed by atoms with Crippen LogP contribution >= 0.6 is 0 Å². The van der Waals surface area contributed by atoms with Crippen LogP contribution in [0.5, 0.6) is 0 Å². The van der Waals surface area contributed by atoms with Gasteiger partial charge in [-0.1, -0.05) is 0 Å². The molecule has 0 unspecified atom stereocenters. The summed E-state index contributed by atoms with van der Waals surface area (Å²) in [6.07, 6.45) is 2.62. The SMILES string of the molecule is CCN(C)C(=O)CCN1C(=O)C=CC1=O. The van der Waals surface area contributed by atoms with Crippen molar-refractivity contribution < 1.29 is 14.4 Å². The third-order valence-electron chi connectivity index (χ3n) is 2.35. The van der Waals surface area contributed by atoms with Crippen molar-refractivity contribution in [1.82, 2.24) is 9.80 Å². The Balaban J connectivity index is 2.41. The molecular weight excluding hydrogens is 196 g/mol. The first kappa shape index (κ1) is 11.4. The predicted octanol–water partition coefficient (Wildman–Crippen LogP) is -0.220. The number of amides is 3. The molecule has 15 heavy (non-hydrogen) atoms. The molecule has 1 rings (SSSR count). The van der Waals surface area contributed by atoms with Crippen molar-refractivity contribution >= 4 is 17.7 Å². The summed E-state index contributed by atoms with van der Waals surface area (Å²) in [7, 11) is 1.69. The van der Waals surface area contributed by atoms with E-state index >= 15 is 0 Å². The summed E-state index contributed by atoms with van der Waals surface area (Å²) in [4.78, 5) is 36.3. The van der Waals surface area contributed by atoms with Gasteiger partial charge in [0.1, 0.15) is 0 Å². The second-order valence-electron chi connectivity index (χ2n) is 3.32. The molecule has 0 radical (unpaired) electrons. The summed E-state index contributed by atoms with van der Waals surface area (Å²) in [6, 6.07) is 0. The van der Waals surface area contributed by atoms with Crippen molar-refractivity contribution in [2.24, 2.45) is 0 Å². The Kier molecular flexibility index (Phi) is 3.60. The minimum Gasteiger partial charge on any atom is -0.346 e. The second kappa shape index (κ2) is 4.72. The van der Waals surface area contributed by atoms with Crippen LogP contribution in [0.3, 0.4) is 0 Å². The van der Waals surface area contributed by atoms with Crippen molar-refractivity contribution in [2.45, 2.75) is 13.3 Å². The molecule has 0 aromatic carbocycles. The zero-order chi connectivity index (χ0) is 11.4. The lowest BCUT2D eigenvalue weighted by molar-refractivity contribution is -0.137. The molecule has 0 aliphatic carbocycles. The molecular formula is C10H14N2O3. The van der Waals surface area contributed by atoms with Gasteiger partial charge in [0.25, 0.3) is 11.8 Å². The van der Waals surface area contributed by atoms with E-state index in [2.05, 4.69) is 0 Å². The van der Waals surface area contributed by atoms with Crippen LogP contribution in [0, 0.1) is 0 Å². The van der Waals surface area contributed by atoms with Gasteiger partial charge in [-0.05, 0) is 6.92 Å². The monoisotopic (exact) mass is 210 g/mol. The van der Waals surface area contributed by atoms with Crippen molar-refractivity contribution in [3.63, 3.8) is 0 Å². The summed E-state index contributed by atoms with van der Waals surface area (Å²) in [5.41, 5.74) is 0. The van der Waals surface area contributed by atoms with Crippen LogP contribution in [0.2, 0.25) is 0 Å². The largest absolute Gasteiger partial charge is 0.346 e. The normalized spacial score (nSPS) is 14.9. The minimum atomic E-state index is -0.341. The molecule has 5 nitrogen and oxygen atoms in total. The minimum absolute atomic E-state index is 0.0648. The van der Waals surface area contributed by atoms with E-state index in [4.69, 9.17) is 0 Å². The number of carbonyl (C=O) groups is 3. The highest BCUT2D eigenvalue weighted by Crippen LogP contribution is 2.04. The van der Waals surface area contributed by atoms with Gasteiger partial charge >= 0.3 is 0 Å². The van der Waals surface area contributed by atoms with Gasteiger partial charge < -0.3 is 4.90 Å². The quantitative estimate of drug-likeness (QED) is 0.603. The maximum atomic E-state index is 11.4. The molecule has 0 aromatic rings. The molecule has 1 aliphatic rings. The summed E-state index contributed by atoms with van der Waals surface area (Å²) < 4.78 is 0. The lowest BCUT2D eigenvalue weighted by atomic mass is 10.3.